The van der Waals surface area contributed by atoms with E-state index in [0.29, 0.717) is 22.9 Å². The molecule has 0 radical (unpaired) electrons. The van der Waals surface area contributed by atoms with Gasteiger partial charge in [0.2, 0.25) is 10.0 Å². The quantitative estimate of drug-likeness (QED) is 0.352. The number of halogens is 1. The first kappa shape index (κ1) is 22.1. The van der Waals surface area contributed by atoms with Gasteiger partial charge in [-0.2, -0.15) is 0 Å². The number of hydrogen-bond donors (Lipinski definition) is 2. The second-order valence-electron chi connectivity index (χ2n) is 7.47. The number of nitrogens with one attached hydrogen (secondary N) is 1. The Morgan fingerprint density at radius 1 is 1.00 bits per heavy atom. The maximum atomic E-state index is 14.3. The van der Waals surface area contributed by atoms with Gasteiger partial charge in [-0.25, -0.2) is 27.9 Å². The molecule has 0 unspecified atom stereocenters. The summed E-state index contributed by atoms with van der Waals surface area (Å²) in [7, 11) is -4.13. The SMILES string of the molecule is NS(=O)(=O)c1ccc(CNc2nc(-c3ccccn3)nc3scc(-c4ccccc4)c23)cc1F. The second kappa shape index (κ2) is 8.90. The summed E-state index contributed by atoms with van der Waals surface area (Å²) in [6.07, 6.45) is 1.68. The van der Waals surface area contributed by atoms with Crippen LogP contribution in [0.5, 0.6) is 0 Å². The molecule has 0 fully saturated rings. The van der Waals surface area contributed by atoms with Gasteiger partial charge in [0.25, 0.3) is 0 Å². The number of hydrogen-bond acceptors (Lipinski definition) is 7. The Morgan fingerprint density at radius 2 is 1.79 bits per heavy atom. The van der Waals surface area contributed by atoms with Crippen LogP contribution in [0, 0.1) is 5.82 Å². The van der Waals surface area contributed by atoms with Gasteiger partial charge < -0.3 is 5.32 Å². The summed E-state index contributed by atoms with van der Waals surface area (Å²) in [5, 5.41) is 11.2. The fraction of sp³-hybridized carbons (Fsp3) is 0.0417. The van der Waals surface area contributed by atoms with Gasteiger partial charge in [0, 0.05) is 23.7 Å². The number of pyridine rings is 1. The summed E-state index contributed by atoms with van der Waals surface area (Å²) in [5.74, 6) is 0.138. The molecular formula is C24H18FN5O2S2. The molecule has 7 nitrogen and oxygen atoms in total. The zero-order valence-electron chi connectivity index (χ0n) is 17.6. The van der Waals surface area contributed by atoms with E-state index in [4.69, 9.17) is 15.1 Å². The summed E-state index contributed by atoms with van der Waals surface area (Å²) in [6.45, 7) is 0.208. The summed E-state index contributed by atoms with van der Waals surface area (Å²) < 4.78 is 37.3. The molecule has 0 aliphatic rings. The van der Waals surface area contributed by atoms with E-state index in [2.05, 4.69) is 10.3 Å². The molecule has 3 heterocycles. The molecule has 0 aliphatic carbocycles. The number of rotatable bonds is 6. The van der Waals surface area contributed by atoms with Crippen molar-refractivity contribution < 1.29 is 12.8 Å². The lowest BCUT2D eigenvalue weighted by Gasteiger charge is -2.11. The molecule has 2 aromatic carbocycles. The number of sulfonamides is 1. The Hall–Kier alpha value is -3.73. The van der Waals surface area contributed by atoms with Crippen molar-refractivity contribution in [2.45, 2.75) is 11.4 Å². The zero-order valence-corrected chi connectivity index (χ0v) is 19.3. The van der Waals surface area contributed by atoms with E-state index in [1.165, 1.54) is 17.4 Å². The van der Waals surface area contributed by atoms with Crippen LogP contribution >= 0.6 is 11.3 Å². The highest BCUT2D eigenvalue weighted by Crippen LogP contribution is 2.38. The highest BCUT2D eigenvalue weighted by Gasteiger charge is 2.18. The minimum atomic E-state index is -4.13. The number of fused-ring (bicyclic) bond motifs is 1. The Kier molecular flexibility index (Phi) is 5.78. The van der Waals surface area contributed by atoms with Gasteiger partial charge in [0.1, 0.15) is 27.1 Å². The van der Waals surface area contributed by atoms with Crippen LogP contribution in [0.1, 0.15) is 5.56 Å². The van der Waals surface area contributed by atoms with E-state index in [-0.39, 0.29) is 6.54 Å². The second-order valence-corrected chi connectivity index (χ2v) is 9.86. The van der Waals surface area contributed by atoms with Crippen LogP contribution in [-0.2, 0) is 16.6 Å². The maximum absolute atomic E-state index is 14.3. The molecule has 170 valence electrons. The Labute approximate surface area is 199 Å². The van der Waals surface area contributed by atoms with Gasteiger partial charge in [-0.05, 0) is 35.4 Å². The van der Waals surface area contributed by atoms with E-state index in [9.17, 15) is 12.8 Å². The predicted octanol–water partition coefficient (Wildman–Crippen LogP) is 4.82. The van der Waals surface area contributed by atoms with Gasteiger partial charge in [0.15, 0.2) is 5.82 Å². The molecule has 0 spiro atoms. The lowest BCUT2D eigenvalue weighted by atomic mass is 10.1. The normalized spacial score (nSPS) is 11.6. The average Bonchev–Trinajstić information content (AvgIpc) is 3.27. The number of benzene rings is 2. The number of nitrogens with two attached hydrogens (primary N) is 1. The van der Waals surface area contributed by atoms with Crippen LogP contribution in [0.2, 0.25) is 0 Å². The Morgan fingerprint density at radius 3 is 2.50 bits per heavy atom. The molecule has 0 saturated carbocycles. The van der Waals surface area contributed by atoms with Crippen molar-refractivity contribution in [3.05, 3.63) is 89.7 Å². The highest BCUT2D eigenvalue weighted by atomic mass is 32.2. The third-order valence-electron chi connectivity index (χ3n) is 5.18. The largest absolute Gasteiger partial charge is 0.365 e. The molecule has 5 aromatic rings. The van der Waals surface area contributed by atoms with Crippen molar-refractivity contribution in [2.24, 2.45) is 5.14 Å². The van der Waals surface area contributed by atoms with E-state index in [0.717, 1.165) is 33.5 Å². The van der Waals surface area contributed by atoms with Crippen molar-refractivity contribution in [2.75, 3.05) is 5.32 Å². The molecule has 0 amide bonds. The molecule has 10 heteroatoms. The molecule has 3 aromatic heterocycles. The Balaban J connectivity index is 1.58. The minimum Gasteiger partial charge on any atom is -0.365 e. The zero-order chi connectivity index (χ0) is 23.7. The number of aromatic nitrogens is 3. The maximum Gasteiger partial charge on any atom is 0.240 e. The van der Waals surface area contributed by atoms with Gasteiger partial charge >= 0.3 is 0 Å². The monoisotopic (exact) mass is 491 g/mol. The molecule has 0 aliphatic heterocycles. The molecule has 0 saturated heterocycles. The minimum absolute atomic E-state index is 0.208. The Bertz CT molecular complexity index is 1590. The lowest BCUT2D eigenvalue weighted by Crippen LogP contribution is -2.14. The smallest absolute Gasteiger partial charge is 0.240 e. The molecule has 3 N–H and O–H groups in total. The van der Waals surface area contributed by atoms with Gasteiger partial charge in [-0.3, -0.25) is 4.98 Å². The third-order valence-corrected chi connectivity index (χ3v) is 6.99. The van der Waals surface area contributed by atoms with Crippen LogP contribution in [0.4, 0.5) is 10.2 Å². The van der Waals surface area contributed by atoms with E-state index in [1.54, 1.807) is 6.20 Å². The van der Waals surface area contributed by atoms with Gasteiger partial charge in [-0.15, -0.1) is 11.3 Å². The van der Waals surface area contributed by atoms with Gasteiger partial charge in [-0.1, -0.05) is 42.5 Å². The van der Waals surface area contributed by atoms with E-state index >= 15 is 0 Å². The number of nitrogens with zero attached hydrogens (tertiary/aromatic N) is 3. The summed E-state index contributed by atoms with van der Waals surface area (Å²) in [4.78, 5) is 14.1. The van der Waals surface area contributed by atoms with Crippen molar-refractivity contribution in [1.29, 1.82) is 0 Å². The first-order chi connectivity index (χ1) is 16.4. The van der Waals surface area contributed by atoms with Crippen molar-refractivity contribution >= 4 is 37.4 Å². The third kappa shape index (κ3) is 4.38. The fourth-order valence-electron chi connectivity index (χ4n) is 3.58. The summed E-state index contributed by atoms with van der Waals surface area (Å²) in [5.41, 5.74) is 3.17. The summed E-state index contributed by atoms with van der Waals surface area (Å²) >= 11 is 1.50. The van der Waals surface area contributed by atoms with Crippen LogP contribution in [0.15, 0.2) is 83.2 Å². The van der Waals surface area contributed by atoms with Crippen LogP contribution in [0.25, 0.3) is 32.9 Å². The van der Waals surface area contributed by atoms with Gasteiger partial charge in [0.05, 0.1) is 5.39 Å². The topological polar surface area (TPSA) is 111 Å². The van der Waals surface area contributed by atoms with Crippen LogP contribution in [0.3, 0.4) is 0 Å². The van der Waals surface area contributed by atoms with Crippen LogP contribution in [-0.4, -0.2) is 23.4 Å². The molecular weight excluding hydrogens is 473 g/mol. The van der Waals surface area contributed by atoms with Crippen LogP contribution < -0.4 is 10.5 Å². The average molecular weight is 492 g/mol. The lowest BCUT2D eigenvalue weighted by molar-refractivity contribution is 0.567. The molecule has 0 atom stereocenters. The first-order valence-electron chi connectivity index (χ1n) is 10.2. The van der Waals surface area contributed by atoms with Crippen molar-refractivity contribution in [3.63, 3.8) is 0 Å². The molecule has 5 rings (SSSR count). The molecule has 34 heavy (non-hydrogen) atoms. The highest BCUT2D eigenvalue weighted by molar-refractivity contribution is 7.89. The number of thiophene rings is 1. The van der Waals surface area contributed by atoms with Crippen molar-refractivity contribution in [1.82, 2.24) is 15.0 Å². The number of primary sulfonamides is 1. The first-order valence-corrected chi connectivity index (χ1v) is 12.6. The standard InChI is InChI=1S/C24H18FN5O2S2/c25-18-12-15(9-10-20(18)34(26,31)32)13-28-23-21-17(16-6-2-1-3-7-16)14-33-24(21)30-22(29-23)19-8-4-5-11-27-19/h1-12,14H,13H2,(H2,26,31,32)(H,28,29,30). The van der Waals surface area contributed by atoms with E-state index < -0.39 is 20.7 Å². The summed E-state index contributed by atoms with van der Waals surface area (Å²) in [6, 6.07) is 19.2. The van der Waals surface area contributed by atoms with Crippen molar-refractivity contribution in [3.8, 4) is 22.6 Å². The molecule has 0 bridgehead atoms. The fourth-order valence-corrected chi connectivity index (χ4v) is 5.12. The number of anilines is 1. The predicted molar refractivity (Wildman–Crippen MR) is 131 cm³/mol. The van der Waals surface area contributed by atoms with E-state index in [1.807, 2.05) is 53.9 Å².